The maximum absolute atomic E-state index is 12.8. The summed E-state index contributed by atoms with van der Waals surface area (Å²) >= 11 is 0. The summed E-state index contributed by atoms with van der Waals surface area (Å²) in [4.78, 5) is 19.1. The Kier molecular flexibility index (Phi) is 6.63. The summed E-state index contributed by atoms with van der Waals surface area (Å²) < 4.78 is 11.9. The quantitative estimate of drug-likeness (QED) is 0.620. The van der Waals surface area contributed by atoms with Crippen LogP contribution >= 0.6 is 0 Å². The number of aliphatic hydroxyl groups excluding tert-OH is 1. The van der Waals surface area contributed by atoms with Crippen LogP contribution in [0, 0.1) is 0 Å². The van der Waals surface area contributed by atoms with Crippen LogP contribution in [-0.2, 0) is 13.1 Å². The summed E-state index contributed by atoms with van der Waals surface area (Å²) in [5.41, 5.74) is 3.55. The molecule has 32 heavy (non-hydrogen) atoms. The second-order valence-corrected chi connectivity index (χ2v) is 7.98. The minimum Gasteiger partial charge on any atom is -0.478 e. The van der Waals surface area contributed by atoms with Crippen molar-refractivity contribution in [3.63, 3.8) is 0 Å². The summed E-state index contributed by atoms with van der Waals surface area (Å²) in [7, 11) is 0. The molecule has 5 rings (SSSR count). The Bertz CT molecular complexity index is 1110. The lowest BCUT2D eigenvalue weighted by Crippen LogP contribution is -2.31. The Balaban J connectivity index is 0.000000567. The predicted molar refractivity (Wildman–Crippen MR) is 122 cm³/mol. The Morgan fingerprint density at radius 1 is 1.12 bits per heavy atom. The number of carbonyl (C=O) groups excluding carboxylic acids is 1. The van der Waals surface area contributed by atoms with Gasteiger partial charge in [-0.05, 0) is 49.2 Å². The summed E-state index contributed by atoms with van der Waals surface area (Å²) in [6.07, 6.45) is 5.23. The minimum absolute atomic E-state index is 0.0916. The summed E-state index contributed by atoms with van der Waals surface area (Å²) in [6.45, 7) is 5.30. The van der Waals surface area contributed by atoms with Crippen LogP contribution in [0.5, 0.6) is 11.5 Å². The van der Waals surface area contributed by atoms with Gasteiger partial charge in [0.25, 0.3) is 0 Å². The van der Waals surface area contributed by atoms with Crippen molar-refractivity contribution in [3.05, 3.63) is 95.0 Å². The maximum Gasteiger partial charge on any atom is 0.231 e. The molecule has 0 atom stereocenters. The smallest absolute Gasteiger partial charge is 0.231 e. The van der Waals surface area contributed by atoms with Crippen molar-refractivity contribution in [1.82, 2.24) is 9.88 Å². The zero-order chi connectivity index (χ0) is 22.5. The number of fused-ring (bicyclic) bond motifs is 3. The van der Waals surface area contributed by atoms with E-state index < -0.39 is 0 Å². The molecule has 0 fully saturated rings. The first kappa shape index (κ1) is 21.7. The number of aliphatic hydroxyl groups is 1. The van der Waals surface area contributed by atoms with Gasteiger partial charge in [-0.1, -0.05) is 36.4 Å². The lowest BCUT2D eigenvalue weighted by Gasteiger charge is -2.29. The number of pyridine rings is 1. The first-order valence-electron chi connectivity index (χ1n) is 10.6. The van der Waals surface area contributed by atoms with Crippen molar-refractivity contribution in [2.45, 2.75) is 33.0 Å². The van der Waals surface area contributed by atoms with Gasteiger partial charge in [-0.25, -0.2) is 0 Å². The zero-order valence-electron chi connectivity index (χ0n) is 18.2. The van der Waals surface area contributed by atoms with Gasteiger partial charge < -0.3 is 14.6 Å². The molecule has 2 aliphatic heterocycles. The van der Waals surface area contributed by atoms with Crippen LogP contribution in [0.4, 0.5) is 0 Å². The predicted octanol–water partition coefficient (Wildman–Crippen LogP) is 4.44. The number of carbonyl (C=O) groups is 1. The molecule has 0 radical (unpaired) electrons. The minimum atomic E-state index is -0.167. The highest BCUT2D eigenvalue weighted by atomic mass is 16.5. The molecule has 1 aromatic heterocycles. The second kappa shape index (κ2) is 9.77. The van der Waals surface area contributed by atoms with Crippen LogP contribution in [-0.4, -0.2) is 33.6 Å². The molecule has 2 aromatic carbocycles. The number of rotatable bonds is 3. The van der Waals surface area contributed by atoms with Gasteiger partial charge in [0.1, 0.15) is 18.2 Å². The SMILES string of the molecule is CC(C)O.O=C1/C(=C/c2ccccc2)Oc2c1ccc1c2CN(Cc2cccnc2)CO1. The van der Waals surface area contributed by atoms with Crippen molar-refractivity contribution < 1.29 is 19.4 Å². The number of Topliss-reactive ketones (excluding diaryl/α,β-unsaturated/α-hetero) is 1. The van der Waals surface area contributed by atoms with Crippen LogP contribution in [0.2, 0.25) is 0 Å². The molecule has 0 unspecified atom stereocenters. The Morgan fingerprint density at radius 2 is 1.91 bits per heavy atom. The molecule has 0 amide bonds. The average Bonchev–Trinajstić information content (AvgIpc) is 3.10. The van der Waals surface area contributed by atoms with Gasteiger partial charge >= 0.3 is 0 Å². The van der Waals surface area contributed by atoms with Gasteiger partial charge in [-0.15, -0.1) is 0 Å². The van der Waals surface area contributed by atoms with Crippen molar-refractivity contribution in [3.8, 4) is 11.5 Å². The molecule has 0 aliphatic carbocycles. The zero-order valence-corrected chi connectivity index (χ0v) is 18.2. The van der Waals surface area contributed by atoms with Gasteiger partial charge in [0.05, 0.1) is 11.1 Å². The third kappa shape index (κ3) is 5.04. The number of allylic oxidation sites excluding steroid dienone is 1. The highest BCUT2D eigenvalue weighted by Gasteiger charge is 2.33. The monoisotopic (exact) mass is 430 g/mol. The lowest BCUT2D eigenvalue weighted by molar-refractivity contribution is 0.0872. The summed E-state index contributed by atoms with van der Waals surface area (Å²) in [5.74, 6) is 1.64. The van der Waals surface area contributed by atoms with Crippen molar-refractivity contribution in [2.24, 2.45) is 0 Å². The van der Waals surface area contributed by atoms with E-state index in [9.17, 15) is 4.79 Å². The molecule has 6 nitrogen and oxygen atoms in total. The van der Waals surface area contributed by atoms with E-state index in [0.717, 1.165) is 29.0 Å². The van der Waals surface area contributed by atoms with Gasteiger partial charge in [0.2, 0.25) is 5.78 Å². The number of hydrogen-bond donors (Lipinski definition) is 1. The van der Waals surface area contributed by atoms with Crippen molar-refractivity contribution >= 4 is 11.9 Å². The third-order valence-electron chi connectivity index (χ3n) is 4.91. The Labute approximate surface area is 187 Å². The van der Waals surface area contributed by atoms with Gasteiger partial charge in [-0.2, -0.15) is 0 Å². The van der Waals surface area contributed by atoms with Gasteiger partial charge in [0, 0.05) is 31.6 Å². The van der Waals surface area contributed by atoms with E-state index >= 15 is 0 Å². The van der Waals surface area contributed by atoms with Crippen LogP contribution in [0.1, 0.15) is 40.9 Å². The average molecular weight is 431 g/mol. The Morgan fingerprint density at radius 3 is 2.62 bits per heavy atom. The maximum atomic E-state index is 12.8. The normalized spacial score (nSPS) is 16.0. The molecule has 0 spiro atoms. The fourth-order valence-corrected chi connectivity index (χ4v) is 3.56. The fraction of sp³-hybridized carbons (Fsp3) is 0.231. The Hall–Kier alpha value is -3.48. The summed E-state index contributed by atoms with van der Waals surface area (Å²) in [5, 5.41) is 8.06. The standard InChI is InChI=1S/C23H18N2O3.C3H8O/c26-22-18-8-9-20-19(14-25(15-27-20)13-17-7-4-10-24-12-17)23(18)28-21(22)11-16-5-2-1-3-6-16;1-3(2)4/h1-12H,13-15H2;3-4H,1-2H3/b21-11-;. The molecule has 2 aliphatic rings. The second-order valence-electron chi connectivity index (χ2n) is 7.98. The first-order chi connectivity index (χ1) is 15.5. The molecule has 0 saturated carbocycles. The lowest BCUT2D eigenvalue weighted by atomic mass is 10.0. The number of hydrogen-bond acceptors (Lipinski definition) is 6. The van der Waals surface area contributed by atoms with Gasteiger partial charge in [-0.3, -0.25) is 14.7 Å². The molecule has 1 N–H and O–H groups in total. The van der Waals surface area contributed by atoms with Crippen LogP contribution in [0.3, 0.4) is 0 Å². The van der Waals surface area contributed by atoms with E-state index in [4.69, 9.17) is 14.6 Å². The van der Waals surface area contributed by atoms with E-state index in [1.54, 1.807) is 32.2 Å². The van der Waals surface area contributed by atoms with E-state index in [1.165, 1.54) is 0 Å². The van der Waals surface area contributed by atoms with Crippen LogP contribution < -0.4 is 9.47 Å². The molecular formula is C26H26N2O4. The number of aromatic nitrogens is 1. The van der Waals surface area contributed by atoms with E-state index in [-0.39, 0.29) is 11.9 Å². The number of benzene rings is 2. The van der Waals surface area contributed by atoms with E-state index in [1.807, 2.05) is 54.7 Å². The first-order valence-corrected chi connectivity index (χ1v) is 10.6. The van der Waals surface area contributed by atoms with Crippen molar-refractivity contribution in [2.75, 3.05) is 6.73 Å². The fourth-order valence-electron chi connectivity index (χ4n) is 3.56. The highest BCUT2D eigenvalue weighted by molar-refractivity contribution is 6.15. The molecular weight excluding hydrogens is 404 g/mol. The molecule has 3 aromatic rings. The molecule has 164 valence electrons. The van der Waals surface area contributed by atoms with Crippen molar-refractivity contribution in [1.29, 1.82) is 0 Å². The largest absolute Gasteiger partial charge is 0.478 e. The molecule has 3 heterocycles. The van der Waals surface area contributed by atoms with E-state index in [0.29, 0.717) is 30.3 Å². The summed E-state index contributed by atoms with van der Waals surface area (Å²) in [6, 6.07) is 17.3. The topological polar surface area (TPSA) is 71.9 Å². The van der Waals surface area contributed by atoms with Crippen LogP contribution in [0.25, 0.3) is 6.08 Å². The molecule has 0 saturated heterocycles. The number of ether oxygens (including phenoxy) is 2. The number of ketones is 1. The molecule has 6 heteroatoms. The number of nitrogens with zero attached hydrogens (tertiary/aromatic N) is 2. The van der Waals surface area contributed by atoms with Gasteiger partial charge in [0.15, 0.2) is 5.76 Å². The van der Waals surface area contributed by atoms with Crippen LogP contribution in [0.15, 0.2) is 72.8 Å². The van der Waals surface area contributed by atoms with E-state index in [2.05, 4.69) is 9.88 Å². The highest BCUT2D eigenvalue weighted by Crippen LogP contribution is 2.42. The molecule has 0 bridgehead atoms. The third-order valence-corrected chi connectivity index (χ3v) is 4.91.